The Balaban J connectivity index is 2.53. The molecule has 1 heterocycles. The van der Waals surface area contributed by atoms with E-state index in [0.29, 0.717) is 18.1 Å². The van der Waals surface area contributed by atoms with Gasteiger partial charge in [-0.1, -0.05) is 6.92 Å². The average molecular weight is 281 g/mol. The fourth-order valence-electron chi connectivity index (χ4n) is 1.52. The van der Waals surface area contributed by atoms with Crippen molar-refractivity contribution in [3.63, 3.8) is 0 Å². The van der Waals surface area contributed by atoms with E-state index in [1.165, 1.54) is 16.7 Å². The van der Waals surface area contributed by atoms with Gasteiger partial charge in [-0.25, -0.2) is 8.78 Å². The van der Waals surface area contributed by atoms with Crippen molar-refractivity contribution >= 4 is 23.6 Å². The van der Waals surface area contributed by atoms with E-state index < -0.39 is 31.0 Å². The molecule has 2 amide bonds. The highest BCUT2D eigenvalue weighted by Gasteiger charge is 2.35. The van der Waals surface area contributed by atoms with Crippen molar-refractivity contribution < 1.29 is 18.4 Å². The molecule has 8 heteroatoms. The first-order valence-corrected chi connectivity index (χ1v) is 6.79. The predicted octanol–water partition coefficient (Wildman–Crippen LogP) is 0.00810. The molecule has 0 saturated carbocycles. The quantitative estimate of drug-likeness (QED) is 0.744. The first kappa shape index (κ1) is 15.2. The zero-order valence-corrected chi connectivity index (χ0v) is 10.9. The summed E-state index contributed by atoms with van der Waals surface area (Å²) >= 11 is 1.43. The fourth-order valence-corrected chi connectivity index (χ4v) is 2.70. The molecule has 1 saturated heterocycles. The number of thioether (sulfide) groups is 1. The average Bonchev–Trinajstić information content (AvgIpc) is 2.84. The lowest BCUT2D eigenvalue weighted by Crippen LogP contribution is -2.50. The van der Waals surface area contributed by atoms with Crippen LogP contribution in [0.1, 0.15) is 13.3 Å². The highest BCUT2D eigenvalue weighted by atomic mass is 32.2. The topological polar surface area (TPSA) is 75.4 Å². The summed E-state index contributed by atoms with van der Waals surface area (Å²) in [5, 5.41) is 2.15. The SMILES string of the molecule is CCC(=O)N1CSCC1C(=O)NCC(F)(F)CN. The molecule has 1 atom stereocenters. The Hall–Kier alpha value is -0.890. The Morgan fingerprint density at radius 2 is 2.22 bits per heavy atom. The Labute approximate surface area is 108 Å². The van der Waals surface area contributed by atoms with Crippen LogP contribution in [0.15, 0.2) is 0 Å². The molecule has 1 rings (SSSR count). The van der Waals surface area contributed by atoms with E-state index in [0.717, 1.165) is 0 Å². The number of nitrogens with zero attached hydrogens (tertiary/aromatic N) is 1. The lowest BCUT2D eigenvalue weighted by molar-refractivity contribution is -0.138. The van der Waals surface area contributed by atoms with Crippen LogP contribution in [-0.2, 0) is 9.59 Å². The van der Waals surface area contributed by atoms with E-state index in [9.17, 15) is 18.4 Å². The van der Waals surface area contributed by atoms with Crippen LogP contribution >= 0.6 is 11.8 Å². The summed E-state index contributed by atoms with van der Waals surface area (Å²) in [5.41, 5.74) is 4.87. The standard InChI is InChI=1S/C10H17F2N3O2S/c1-2-8(16)15-6-18-3-7(15)9(17)14-5-10(11,12)4-13/h7H,2-6,13H2,1H3,(H,14,17). The van der Waals surface area contributed by atoms with Gasteiger partial charge < -0.3 is 16.0 Å². The summed E-state index contributed by atoms with van der Waals surface area (Å²) in [6.07, 6.45) is 0.295. The van der Waals surface area contributed by atoms with Crippen LogP contribution in [0.3, 0.4) is 0 Å². The molecule has 1 fully saturated rings. The normalized spacial score (nSPS) is 20.0. The molecule has 18 heavy (non-hydrogen) atoms. The summed E-state index contributed by atoms with van der Waals surface area (Å²) in [6.45, 7) is 0.0881. The molecule has 1 aliphatic rings. The van der Waals surface area contributed by atoms with Gasteiger partial charge in [0.25, 0.3) is 5.92 Å². The number of nitrogens with one attached hydrogen (secondary N) is 1. The van der Waals surface area contributed by atoms with E-state index in [2.05, 4.69) is 5.32 Å². The second-order valence-corrected chi connectivity index (χ2v) is 5.01. The zero-order valence-electron chi connectivity index (χ0n) is 10.1. The minimum absolute atomic E-state index is 0.147. The largest absolute Gasteiger partial charge is 0.348 e. The summed E-state index contributed by atoms with van der Waals surface area (Å²) in [7, 11) is 0. The van der Waals surface area contributed by atoms with Gasteiger partial charge >= 0.3 is 0 Å². The number of amides is 2. The molecule has 104 valence electrons. The van der Waals surface area contributed by atoms with Crippen molar-refractivity contribution in [1.82, 2.24) is 10.2 Å². The van der Waals surface area contributed by atoms with Crippen molar-refractivity contribution in [1.29, 1.82) is 0 Å². The number of carbonyl (C=O) groups is 2. The number of carbonyl (C=O) groups excluding carboxylic acids is 2. The second kappa shape index (κ2) is 6.33. The van der Waals surface area contributed by atoms with E-state index in [1.807, 2.05) is 0 Å². The molecule has 0 spiro atoms. The molecule has 0 aliphatic carbocycles. The maximum atomic E-state index is 12.9. The molecule has 1 aliphatic heterocycles. The van der Waals surface area contributed by atoms with E-state index in [-0.39, 0.29) is 5.91 Å². The number of hydrogen-bond acceptors (Lipinski definition) is 4. The first-order chi connectivity index (χ1) is 8.41. The summed E-state index contributed by atoms with van der Waals surface area (Å²) in [6, 6.07) is -0.656. The van der Waals surface area contributed by atoms with Gasteiger partial charge in [-0.2, -0.15) is 0 Å². The van der Waals surface area contributed by atoms with Crippen LogP contribution in [0.5, 0.6) is 0 Å². The third-order valence-corrected chi connectivity index (χ3v) is 3.64. The van der Waals surface area contributed by atoms with Crippen LogP contribution < -0.4 is 11.1 Å². The summed E-state index contributed by atoms with van der Waals surface area (Å²) in [4.78, 5) is 24.7. The number of hydrogen-bond donors (Lipinski definition) is 2. The van der Waals surface area contributed by atoms with E-state index >= 15 is 0 Å². The van der Waals surface area contributed by atoms with Crippen LogP contribution in [0.4, 0.5) is 8.78 Å². The Morgan fingerprint density at radius 3 is 2.78 bits per heavy atom. The molecule has 0 radical (unpaired) electrons. The molecule has 0 aromatic carbocycles. The third kappa shape index (κ3) is 3.81. The smallest absolute Gasteiger partial charge is 0.277 e. The number of nitrogens with two attached hydrogens (primary N) is 1. The highest BCUT2D eigenvalue weighted by molar-refractivity contribution is 7.99. The number of alkyl halides is 2. The van der Waals surface area contributed by atoms with Crippen molar-refractivity contribution in [3.05, 3.63) is 0 Å². The van der Waals surface area contributed by atoms with E-state index in [4.69, 9.17) is 5.73 Å². The van der Waals surface area contributed by atoms with Gasteiger partial charge in [-0.05, 0) is 0 Å². The number of halogens is 2. The van der Waals surface area contributed by atoms with E-state index in [1.54, 1.807) is 6.92 Å². The first-order valence-electron chi connectivity index (χ1n) is 5.64. The van der Waals surface area contributed by atoms with Gasteiger partial charge in [-0.15, -0.1) is 11.8 Å². The van der Waals surface area contributed by atoms with Gasteiger partial charge in [0.05, 0.1) is 19.0 Å². The lowest BCUT2D eigenvalue weighted by Gasteiger charge is -2.23. The predicted molar refractivity (Wildman–Crippen MR) is 65.3 cm³/mol. The molecular weight excluding hydrogens is 264 g/mol. The summed E-state index contributed by atoms with van der Waals surface area (Å²) in [5.74, 6) is -2.94. The van der Waals surface area contributed by atoms with Crippen molar-refractivity contribution in [2.24, 2.45) is 5.73 Å². The van der Waals surface area contributed by atoms with Gasteiger partial charge in [0.2, 0.25) is 11.8 Å². The Bertz CT molecular complexity index is 328. The molecule has 0 bridgehead atoms. The van der Waals surface area contributed by atoms with Gasteiger partial charge in [0, 0.05) is 12.2 Å². The van der Waals surface area contributed by atoms with Crippen molar-refractivity contribution in [3.8, 4) is 0 Å². The van der Waals surface area contributed by atoms with Gasteiger partial charge in [0.15, 0.2) is 0 Å². The highest BCUT2D eigenvalue weighted by Crippen LogP contribution is 2.22. The molecular formula is C10H17F2N3O2S. The minimum atomic E-state index is -3.11. The van der Waals surface area contributed by atoms with Crippen LogP contribution in [0.25, 0.3) is 0 Å². The van der Waals surface area contributed by atoms with Crippen molar-refractivity contribution in [2.75, 3.05) is 24.7 Å². The molecule has 5 nitrogen and oxygen atoms in total. The Kier molecular flexibility index (Phi) is 5.33. The van der Waals surface area contributed by atoms with Crippen LogP contribution in [0, 0.1) is 0 Å². The zero-order chi connectivity index (χ0) is 13.8. The van der Waals surface area contributed by atoms with Crippen LogP contribution in [-0.4, -0.2) is 53.4 Å². The second-order valence-electron chi connectivity index (χ2n) is 4.01. The maximum absolute atomic E-state index is 12.9. The molecule has 3 N–H and O–H groups in total. The lowest BCUT2D eigenvalue weighted by atomic mass is 10.2. The van der Waals surface area contributed by atoms with Gasteiger partial charge in [-0.3, -0.25) is 9.59 Å². The van der Waals surface area contributed by atoms with Crippen molar-refractivity contribution in [2.45, 2.75) is 25.3 Å². The maximum Gasteiger partial charge on any atom is 0.277 e. The molecule has 0 aromatic rings. The number of rotatable bonds is 5. The monoisotopic (exact) mass is 281 g/mol. The summed E-state index contributed by atoms with van der Waals surface area (Å²) < 4.78 is 25.8. The third-order valence-electron chi connectivity index (χ3n) is 2.63. The van der Waals surface area contributed by atoms with Crippen LogP contribution in [0.2, 0.25) is 0 Å². The van der Waals surface area contributed by atoms with Gasteiger partial charge in [0.1, 0.15) is 6.04 Å². The fraction of sp³-hybridized carbons (Fsp3) is 0.800. The molecule has 0 aromatic heterocycles. The Morgan fingerprint density at radius 1 is 1.56 bits per heavy atom. The molecule has 1 unspecified atom stereocenters. The minimum Gasteiger partial charge on any atom is -0.348 e.